The Labute approximate surface area is 154 Å². The first-order valence-corrected chi connectivity index (χ1v) is 7.97. The van der Waals surface area contributed by atoms with Crippen molar-refractivity contribution in [1.29, 1.82) is 5.26 Å². The van der Waals surface area contributed by atoms with E-state index in [1.165, 1.54) is 31.2 Å². The molecule has 0 unspecified atom stereocenters. The van der Waals surface area contributed by atoms with Crippen LogP contribution in [0, 0.1) is 23.2 Å². The summed E-state index contributed by atoms with van der Waals surface area (Å²) in [5, 5.41) is 14.6. The maximum absolute atomic E-state index is 12.9. The minimum atomic E-state index is -1.93. The van der Waals surface area contributed by atoms with Crippen LogP contribution < -0.4 is 10.6 Å². The van der Waals surface area contributed by atoms with Gasteiger partial charge in [-0.25, -0.2) is 4.79 Å². The largest absolute Gasteiger partial charge is 0.467 e. The average Bonchev–Trinajstić information content (AvgIpc) is 2.59. The number of ether oxygens (including phenoxy) is 1. The molecule has 7 nitrogen and oxygen atoms in total. The van der Waals surface area contributed by atoms with Crippen LogP contribution in [0.2, 0.25) is 5.02 Å². The third kappa shape index (κ3) is 3.21. The monoisotopic (exact) mass is 379 g/mol. The fourth-order valence-corrected chi connectivity index (χ4v) is 3.18. The van der Waals surface area contributed by atoms with Crippen LogP contribution in [0.5, 0.6) is 0 Å². The maximum Gasteiger partial charge on any atom is 0.334 e. The molecule has 1 aliphatic rings. The number of carbonyl (C=O) groups excluding carboxylic acids is 3. The highest BCUT2D eigenvalue weighted by Crippen LogP contribution is 2.33. The van der Waals surface area contributed by atoms with Crippen LogP contribution in [-0.4, -0.2) is 35.4 Å². The number of nitrogens with one attached hydrogen (secondary N) is 2. The van der Waals surface area contributed by atoms with Crippen molar-refractivity contribution in [3.05, 3.63) is 34.9 Å². The zero-order valence-electron chi connectivity index (χ0n) is 13.3. The second kappa shape index (κ2) is 7.17. The number of methoxy groups -OCH3 is 1. The van der Waals surface area contributed by atoms with E-state index in [9.17, 15) is 19.6 Å². The zero-order chi connectivity index (χ0) is 18.8. The predicted molar refractivity (Wildman–Crippen MR) is 92.7 cm³/mol. The van der Waals surface area contributed by atoms with Gasteiger partial charge in [0.15, 0.2) is 22.4 Å². The van der Waals surface area contributed by atoms with Crippen molar-refractivity contribution in [2.45, 2.75) is 12.5 Å². The maximum atomic E-state index is 12.9. The van der Waals surface area contributed by atoms with Gasteiger partial charge in [0.25, 0.3) is 0 Å². The van der Waals surface area contributed by atoms with Gasteiger partial charge in [0, 0.05) is 10.6 Å². The Morgan fingerprint density at radius 3 is 2.52 bits per heavy atom. The van der Waals surface area contributed by atoms with Crippen LogP contribution in [0.3, 0.4) is 0 Å². The van der Waals surface area contributed by atoms with Gasteiger partial charge in [-0.2, -0.15) is 5.26 Å². The molecule has 2 rings (SSSR count). The molecule has 130 valence electrons. The SMILES string of the molecule is COC(=O)[C@]1([C@@H](C)C(=O)c2ccc(Cl)cc2)NC(=S)NC(=O)[C@H]1C#N. The highest BCUT2D eigenvalue weighted by Gasteiger charge is 2.59. The summed E-state index contributed by atoms with van der Waals surface area (Å²) >= 11 is 10.8. The van der Waals surface area contributed by atoms with E-state index in [2.05, 4.69) is 10.6 Å². The van der Waals surface area contributed by atoms with E-state index in [0.29, 0.717) is 5.02 Å². The van der Waals surface area contributed by atoms with Crippen molar-refractivity contribution >= 4 is 46.6 Å². The fourth-order valence-electron chi connectivity index (χ4n) is 2.79. The molecular weight excluding hydrogens is 366 g/mol. The van der Waals surface area contributed by atoms with Gasteiger partial charge in [-0.3, -0.25) is 9.59 Å². The molecule has 2 N–H and O–H groups in total. The number of Topliss-reactive ketones (excluding diaryl/α,β-unsaturated/α-hetero) is 1. The zero-order valence-corrected chi connectivity index (χ0v) is 14.9. The Balaban J connectivity index is 2.55. The number of benzene rings is 1. The summed E-state index contributed by atoms with van der Waals surface area (Å²) in [6, 6.07) is 7.81. The number of amides is 1. The van der Waals surface area contributed by atoms with Gasteiger partial charge >= 0.3 is 5.97 Å². The quantitative estimate of drug-likeness (QED) is 0.460. The topological polar surface area (TPSA) is 108 Å². The van der Waals surface area contributed by atoms with Crippen molar-refractivity contribution in [1.82, 2.24) is 10.6 Å². The summed E-state index contributed by atoms with van der Waals surface area (Å²) in [7, 11) is 1.11. The van der Waals surface area contributed by atoms with E-state index < -0.39 is 35.0 Å². The van der Waals surface area contributed by atoms with Crippen LogP contribution in [0.4, 0.5) is 0 Å². The van der Waals surface area contributed by atoms with Crippen molar-refractivity contribution in [3.63, 3.8) is 0 Å². The second-order valence-corrected chi connectivity index (χ2v) is 6.30. The minimum absolute atomic E-state index is 0.155. The third-order valence-corrected chi connectivity index (χ3v) is 4.59. The number of hydrogen-bond acceptors (Lipinski definition) is 6. The molecule has 1 fully saturated rings. The lowest BCUT2D eigenvalue weighted by Gasteiger charge is -2.42. The van der Waals surface area contributed by atoms with E-state index in [1.54, 1.807) is 6.07 Å². The summed E-state index contributed by atoms with van der Waals surface area (Å²) in [4.78, 5) is 37.6. The first-order valence-electron chi connectivity index (χ1n) is 7.18. The van der Waals surface area contributed by atoms with E-state index in [-0.39, 0.29) is 10.7 Å². The number of rotatable bonds is 4. The summed E-state index contributed by atoms with van der Waals surface area (Å²) in [5.74, 6) is -4.78. The van der Waals surface area contributed by atoms with Gasteiger partial charge < -0.3 is 15.4 Å². The molecule has 9 heteroatoms. The predicted octanol–water partition coefficient (Wildman–Crippen LogP) is 1.21. The third-order valence-electron chi connectivity index (χ3n) is 4.13. The second-order valence-electron chi connectivity index (χ2n) is 5.46. The molecule has 0 aromatic heterocycles. The highest BCUT2D eigenvalue weighted by atomic mass is 35.5. The van der Waals surface area contributed by atoms with Gasteiger partial charge in [0.05, 0.1) is 19.1 Å². The van der Waals surface area contributed by atoms with E-state index in [4.69, 9.17) is 28.6 Å². The first-order chi connectivity index (χ1) is 11.8. The molecule has 1 aliphatic heterocycles. The highest BCUT2D eigenvalue weighted by molar-refractivity contribution is 7.80. The lowest BCUT2D eigenvalue weighted by molar-refractivity contribution is -0.154. The standard InChI is InChI=1S/C16H14ClN3O4S/c1-8(12(21)9-3-5-10(17)6-4-9)16(14(23)24-2)11(7-18)13(22)19-15(25)20-16/h3-6,8,11H,1-2H3,(H2,19,20,22,25)/t8-,11+,16+/m0/s1. The number of esters is 1. The molecule has 0 spiro atoms. The first kappa shape index (κ1) is 18.8. The number of hydrogen-bond donors (Lipinski definition) is 2. The molecule has 1 aromatic rings. The van der Waals surface area contributed by atoms with Crippen LogP contribution in [0.15, 0.2) is 24.3 Å². The average molecular weight is 380 g/mol. The van der Waals surface area contributed by atoms with Gasteiger partial charge in [-0.15, -0.1) is 0 Å². The van der Waals surface area contributed by atoms with Crippen LogP contribution >= 0.6 is 23.8 Å². The van der Waals surface area contributed by atoms with Crippen molar-refractivity contribution in [3.8, 4) is 6.07 Å². The summed E-state index contributed by atoms with van der Waals surface area (Å²) in [6.07, 6.45) is 0. The molecular formula is C16H14ClN3O4S. The lowest BCUT2D eigenvalue weighted by Crippen LogP contribution is -2.73. The molecule has 25 heavy (non-hydrogen) atoms. The number of thiocarbonyl (C=S) groups is 1. The number of nitrogens with zero attached hydrogens (tertiary/aromatic N) is 1. The molecule has 1 aromatic carbocycles. The number of ketones is 1. The Kier molecular flexibility index (Phi) is 5.40. The summed E-state index contributed by atoms with van der Waals surface area (Å²) in [6.45, 7) is 1.44. The number of carbonyl (C=O) groups is 3. The molecule has 1 saturated heterocycles. The van der Waals surface area contributed by atoms with Crippen LogP contribution in [-0.2, 0) is 14.3 Å². The van der Waals surface area contributed by atoms with Crippen molar-refractivity contribution in [2.24, 2.45) is 11.8 Å². The van der Waals surface area contributed by atoms with Gasteiger partial charge in [-0.1, -0.05) is 18.5 Å². The smallest absolute Gasteiger partial charge is 0.334 e. The molecule has 3 atom stereocenters. The van der Waals surface area contributed by atoms with E-state index in [0.717, 1.165) is 7.11 Å². The van der Waals surface area contributed by atoms with Crippen LogP contribution in [0.1, 0.15) is 17.3 Å². The van der Waals surface area contributed by atoms with Crippen molar-refractivity contribution in [2.75, 3.05) is 7.11 Å². The number of halogens is 1. The Hall–Kier alpha value is -2.50. The Bertz CT molecular complexity index is 790. The van der Waals surface area contributed by atoms with E-state index in [1.807, 2.05) is 0 Å². The Morgan fingerprint density at radius 1 is 1.40 bits per heavy atom. The molecule has 1 amide bonds. The molecule has 0 radical (unpaired) electrons. The molecule has 0 aliphatic carbocycles. The molecule has 0 bridgehead atoms. The van der Waals surface area contributed by atoms with Gasteiger partial charge in [0.1, 0.15) is 0 Å². The molecule has 0 saturated carbocycles. The van der Waals surface area contributed by atoms with Crippen LogP contribution in [0.25, 0.3) is 0 Å². The number of nitriles is 1. The van der Waals surface area contributed by atoms with Gasteiger partial charge in [-0.05, 0) is 36.5 Å². The summed E-state index contributed by atoms with van der Waals surface area (Å²) < 4.78 is 4.78. The Morgan fingerprint density at radius 2 is 2.00 bits per heavy atom. The lowest BCUT2D eigenvalue weighted by atomic mass is 9.70. The normalized spacial score (nSPS) is 23.7. The minimum Gasteiger partial charge on any atom is -0.467 e. The van der Waals surface area contributed by atoms with Crippen molar-refractivity contribution < 1.29 is 19.1 Å². The fraction of sp³-hybridized carbons (Fsp3) is 0.312. The van der Waals surface area contributed by atoms with Gasteiger partial charge in [0.2, 0.25) is 5.91 Å². The molecule has 1 heterocycles. The van der Waals surface area contributed by atoms with E-state index >= 15 is 0 Å². The summed E-state index contributed by atoms with van der Waals surface area (Å²) in [5.41, 5.74) is -1.66.